The number of carbonyl (C=O) groups is 2. The summed E-state index contributed by atoms with van der Waals surface area (Å²) in [5, 5.41) is 3.16. The standard InChI is InChI=1S/C28H40N2O3/c1-3-9-22(4-2)20-30-18-16-25(17-19-30)29-27(31)21-33-26-13-8-12-24(14-15-26)28(32)23-10-6-5-7-11-23/h3-7,9-11,24-26H,8,12-21H2,1-2H3,(H,29,31)/b9-3-,22-4+. The second-order valence-electron chi connectivity index (χ2n) is 9.35. The summed E-state index contributed by atoms with van der Waals surface area (Å²) in [6.07, 6.45) is 12.9. The lowest BCUT2D eigenvalue weighted by Gasteiger charge is -2.32. The van der Waals surface area contributed by atoms with Crippen LogP contribution in [-0.2, 0) is 9.53 Å². The predicted octanol–water partition coefficient (Wildman–Crippen LogP) is 4.94. The van der Waals surface area contributed by atoms with Gasteiger partial charge in [-0.1, -0.05) is 55.0 Å². The van der Waals surface area contributed by atoms with Gasteiger partial charge in [-0.3, -0.25) is 14.5 Å². The maximum absolute atomic E-state index is 12.8. The molecule has 1 aromatic carbocycles. The van der Waals surface area contributed by atoms with Crippen molar-refractivity contribution in [2.24, 2.45) is 5.92 Å². The van der Waals surface area contributed by atoms with Crippen LogP contribution in [0.4, 0.5) is 0 Å². The zero-order valence-electron chi connectivity index (χ0n) is 20.3. The lowest BCUT2D eigenvalue weighted by atomic mass is 9.91. The minimum absolute atomic E-state index is 0.0160. The van der Waals surface area contributed by atoms with Crippen molar-refractivity contribution in [3.05, 3.63) is 59.7 Å². The van der Waals surface area contributed by atoms with Gasteiger partial charge in [0.2, 0.25) is 5.91 Å². The van der Waals surface area contributed by atoms with Crippen molar-refractivity contribution < 1.29 is 14.3 Å². The van der Waals surface area contributed by atoms with Crippen LogP contribution in [0.1, 0.15) is 69.2 Å². The second-order valence-corrected chi connectivity index (χ2v) is 9.35. The Kier molecular flexibility index (Phi) is 10.4. The highest BCUT2D eigenvalue weighted by atomic mass is 16.5. The number of Topliss-reactive ketones (excluding diaryl/α,β-unsaturated/α-hetero) is 1. The van der Waals surface area contributed by atoms with E-state index in [-0.39, 0.29) is 36.4 Å². The first-order chi connectivity index (χ1) is 16.1. The molecular weight excluding hydrogens is 412 g/mol. The Balaban J connectivity index is 1.34. The highest BCUT2D eigenvalue weighted by molar-refractivity contribution is 5.97. The van der Waals surface area contributed by atoms with Crippen molar-refractivity contribution in [3.8, 4) is 0 Å². The van der Waals surface area contributed by atoms with Gasteiger partial charge in [-0.05, 0) is 57.9 Å². The van der Waals surface area contributed by atoms with Crippen LogP contribution in [0, 0.1) is 5.92 Å². The van der Waals surface area contributed by atoms with E-state index in [1.165, 1.54) is 5.57 Å². The van der Waals surface area contributed by atoms with E-state index < -0.39 is 0 Å². The lowest BCUT2D eigenvalue weighted by molar-refractivity contribution is -0.129. The molecule has 1 aliphatic carbocycles. The number of nitrogens with one attached hydrogen (secondary N) is 1. The molecule has 1 saturated carbocycles. The van der Waals surface area contributed by atoms with Crippen LogP contribution in [0.15, 0.2) is 54.1 Å². The van der Waals surface area contributed by atoms with Gasteiger partial charge in [0.05, 0.1) is 6.10 Å². The summed E-state index contributed by atoms with van der Waals surface area (Å²) in [5.41, 5.74) is 2.14. The number of hydrogen-bond acceptors (Lipinski definition) is 4. The Morgan fingerprint density at radius 1 is 1.03 bits per heavy atom. The average Bonchev–Trinajstić information content (AvgIpc) is 3.09. The highest BCUT2D eigenvalue weighted by Crippen LogP contribution is 2.28. The number of nitrogens with zero attached hydrogens (tertiary/aromatic N) is 1. The van der Waals surface area contributed by atoms with Gasteiger partial charge in [-0.25, -0.2) is 0 Å². The lowest BCUT2D eigenvalue weighted by Crippen LogP contribution is -2.46. The molecule has 1 heterocycles. The predicted molar refractivity (Wildman–Crippen MR) is 133 cm³/mol. The number of hydrogen-bond donors (Lipinski definition) is 1. The van der Waals surface area contributed by atoms with Crippen molar-refractivity contribution in [2.75, 3.05) is 26.2 Å². The summed E-state index contributed by atoms with van der Waals surface area (Å²) < 4.78 is 5.97. The minimum Gasteiger partial charge on any atom is -0.368 e. The number of rotatable bonds is 9. The monoisotopic (exact) mass is 452 g/mol. The van der Waals surface area contributed by atoms with Gasteiger partial charge in [-0.15, -0.1) is 0 Å². The summed E-state index contributed by atoms with van der Waals surface area (Å²) in [5.74, 6) is 0.293. The number of piperidine rings is 1. The third-order valence-corrected chi connectivity index (χ3v) is 6.91. The molecule has 33 heavy (non-hydrogen) atoms. The number of likely N-dealkylation sites (tertiary alicyclic amines) is 1. The van der Waals surface area contributed by atoms with Gasteiger partial charge in [0.25, 0.3) is 0 Å². The van der Waals surface area contributed by atoms with Gasteiger partial charge >= 0.3 is 0 Å². The first-order valence-corrected chi connectivity index (χ1v) is 12.6. The van der Waals surface area contributed by atoms with Crippen molar-refractivity contribution in [1.29, 1.82) is 0 Å². The molecule has 3 rings (SSSR count). The molecule has 0 bridgehead atoms. The van der Waals surface area contributed by atoms with E-state index in [0.717, 1.165) is 70.1 Å². The fourth-order valence-electron chi connectivity index (χ4n) is 4.95. The molecule has 1 saturated heterocycles. The van der Waals surface area contributed by atoms with Gasteiger partial charge in [0.1, 0.15) is 6.61 Å². The fraction of sp³-hybridized carbons (Fsp3) is 0.571. The molecule has 0 aromatic heterocycles. The average molecular weight is 453 g/mol. The summed E-state index contributed by atoms with van der Waals surface area (Å²) in [4.78, 5) is 27.7. The van der Waals surface area contributed by atoms with E-state index in [2.05, 4.69) is 35.4 Å². The molecule has 1 N–H and O–H groups in total. The smallest absolute Gasteiger partial charge is 0.246 e. The van der Waals surface area contributed by atoms with E-state index >= 15 is 0 Å². The van der Waals surface area contributed by atoms with Crippen LogP contribution in [-0.4, -0.2) is 55.0 Å². The number of allylic oxidation sites excluding steroid dienone is 2. The number of amides is 1. The molecule has 5 heteroatoms. The van der Waals surface area contributed by atoms with E-state index in [4.69, 9.17) is 4.74 Å². The second kappa shape index (κ2) is 13.5. The van der Waals surface area contributed by atoms with Gasteiger partial charge in [0, 0.05) is 37.2 Å². The molecule has 2 atom stereocenters. The molecule has 2 aliphatic rings. The van der Waals surface area contributed by atoms with Crippen LogP contribution in [0.2, 0.25) is 0 Å². The van der Waals surface area contributed by atoms with Crippen molar-refractivity contribution >= 4 is 11.7 Å². The summed E-state index contributed by atoms with van der Waals surface area (Å²) in [6.45, 7) is 7.22. The Morgan fingerprint density at radius 2 is 1.79 bits per heavy atom. The highest BCUT2D eigenvalue weighted by Gasteiger charge is 2.26. The number of ketones is 1. The molecule has 1 amide bonds. The molecule has 2 fully saturated rings. The Hall–Kier alpha value is -2.24. The molecular formula is C28H40N2O3. The molecule has 180 valence electrons. The normalized spacial score (nSPS) is 23.4. The van der Waals surface area contributed by atoms with Crippen LogP contribution < -0.4 is 5.32 Å². The van der Waals surface area contributed by atoms with Crippen LogP contribution in [0.25, 0.3) is 0 Å². The minimum atomic E-state index is -0.0160. The largest absolute Gasteiger partial charge is 0.368 e. The fourth-order valence-corrected chi connectivity index (χ4v) is 4.95. The van der Waals surface area contributed by atoms with Crippen molar-refractivity contribution in [2.45, 2.75) is 70.9 Å². The molecule has 1 aliphatic heterocycles. The van der Waals surface area contributed by atoms with E-state index in [9.17, 15) is 9.59 Å². The molecule has 0 spiro atoms. The maximum atomic E-state index is 12.8. The van der Waals surface area contributed by atoms with Gasteiger partial charge < -0.3 is 10.1 Å². The first kappa shape index (κ1) is 25.4. The Morgan fingerprint density at radius 3 is 2.48 bits per heavy atom. The quantitative estimate of drug-likeness (QED) is 0.328. The Bertz CT molecular complexity index is 810. The summed E-state index contributed by atoms with van der Waals surface area (Å²) in [7, 11) is 0. The Labute approximate surface area is 199 Å². The zero-order chi connectivity index (χ0) is 23.5. The van der Waals surface area contributed by atoms with Crippen LogP contribution >= 0.6 is 0 Å². The molecule has 5 nitrogen and oxygen atoms in total. The van der Waals surface area contributed by atoms with Gasteiger partial charge in [0.15, 0.2) is 5.78 Å². The van der Waals surface area contributed by atoms with E-state index in [0.29, 0.717) is 0 Å². The maximum Gasteiger partial charge on any atom is 0.246 e. The third-order valence-electron chi connectivity index (χ3n) is 6.91. The molecule has 1 aromatic rings. The molecule has 0 radical (unpaired) electrons. The number of ether oxygens (including phenoxy) is 1. The van der Waals surface area contributed by atoms with Gasteiger partial charge in [-0.2, -0.15) is 0 Å². The van der Waals surface area contributed by atoms with E-state index in [1.54, 1.807) is 0 Å². The zero-order valence-corrected chi connectivity index (χ0v) is 20.3. The van der Waals surface area contributed by atoms with Crippen LogP contribution in [0.3, 0.4) is 0 Å². The topological polar surface area (TPSA) is 58.6 Å². The van der Waals surface area contributed by atoms with Crippen molar-refractivity contribution in [3.63, 3.8) is 0 Å². The summed E-state index contributed by atoms with van der Waals surface area (Å²) >= 11 is 0. The number of carbonyl (C=O) groups excluding carboxylic acids is 2. The third kappa shape index (κ3) is 8.24. The van der Waals surface area contributed by atoms with Crippen LogP contribution in [0.5, 0.6) is 0 Å². The SMILES string of the molecule is C/C=C\C(=C/C)CN1CCC(NC(=O)COC2CCCC(C(=O)c3ccccc3)CC2)CC1. The van der Waals surface area contributed by atoms with Crippen molar-refractivity contribution in [1.82, 2.24) is 10.2 Å². The summed E-state index contributed by atoms with van der Waals surface area (Å²) in [6, 6.07) is 9.81. The van der Waals surface area contributed by atoms with E-state index in [1.807, 2.05) is 37.3 Å². The number of benzene rings is 1. The molecule has 2 unspecified atom stereocenters. The first-order valence-electron chi connectivity index (χ1n) is 12.6.